The summed E-state index contributed by atoms with van der Waals surface area (Å²) in [5.74, 6) is 0.987. The van der Waals surface area contributed by atoms with Gasteiger partial charge in [-0.2, -0.15) is 0 Å². The minimum absolute atomic E-state index is 0.283. The quantitative estimate of drug-likeness (QED) is 0.869. The van der Waals surface area contributed by atoms with E-state index < -0.39 is 0 Å². The van der Waals surface area contributed by atoms with Gasteiger partial charge in [0.25, 0.3) is 0 Å². The predicted octanol–water partition coefficient (Wildman–Crippen LogP) is 1.72. The second-order valence-electron chi connectivity index (χ2n) is 6.61. The molecular formula is C18H27N3O. The third kappa shape index (κ3) is 4.08. The highest BCUT2D eigenvalue weighted by Crippen LogP contribution is 2.35. The lowest BCUT2D eigenvalue weighted by Gasteiger charge is -2.33. The Hall–Kier alpha value is -1.39. The van der Waals surface area contributed by atoms with Gasteiger partial charge in [-0.25, -0.2) is 0 Å². The van der Waals surface area contributed by atoms with E-state index in [2.05, 4.69) is 46.3 Å². The number of hydrogen-bond donors (Lipinski definition) is 1. The average Bonchev–Trinajstić information content (AvgIpc) is 3.39. The third-order valence-corrected chi connectivity index (χ3v) is 4.88. The van der Waals surface area contributed by atoms with Crippen molar-refractivity contribution in [3.05, 3.63) is 35.9 Å². The molecule has 1 aliphatic heterocycles. The van der Waals surface area contributed by atoms with Gasteiger partial charge in [0, 0.05) is 38.8 Å². The van der Waals surface area contributed by atoms with Crippen LogP contribution in [0.1, 0.15) is 25.3 Å². The molecule has 120 valence electrons. The fourth-order valence-corrected chi connectivity index (χ4v) is 3.22. The molecule has 4 heteroatoms. The van der Waals surface area contributed by atoms with Gasteiger partial charge in [0.1, 0.15) is 0 Å². The van der Waals surface area contributed by atoms with Crippen molar-refractivity contribution in [2.45, 2.75) is 32.4 Å². The Bertz CT molecular complexity index is 480. The van der Waals surface area contributed by atoms with Gasteiger partial charge in [-0.1, -0.05) is 30.3 Å². The number of hydrogen-bond acceptors (Lipinski definition) is 3. The van der Waals surface area contributed by atoms with Crippen molar-refractivity contribution in [2.75, 3.05) is 32.7 Å². The van der Waals surface area contributed by atoms with E-state index in [0.29, 0.717) is 18.5 Å². The minimum atomic E-state index is 0.283. The summed E-state index contributed by atoms with van der Waals surface area (Å²) in [5.41, 5.74) is 1.23. The first-order valence-electron chi connectivity index (χ1n) is 8.50. The molecule has 0 bridgehead atoms. The molecule has 1 saturated carbocycles. The zero-order valence-corrected chi connectivity index (χ0v) is 13.5. The number of amides is 1. The molecule has 2 fully saturated rings. The molecule has 1 saturated heterocycles. The smallest absolute Gasteiger partial charge is 0.237 e. The summed E-state index contributed by atoms with van der Waals surface area (Å²) < 4.78 is 0. The van der Waals surface area contributed by atoms with E-state index in [4.69, 9.17) is 0 Å². The van der Waals surface area contributed by atoms with Gasteiger partial charge in [0.05, 0.1) is 6.54 Å². The van der Waals surface area contributed by atoms with E-state index in [1.54, 1.807) is 0 Å². The lowest BCUT2D eigenvalue weighted by molar-refractivity contribution is -0.135. The van der Waals surface area contributed by atoms with Crippen molar-refractivity contribution in [1.82, 2.24) is 15.1 Å². The number of piperazine rings is 1. The zero-order chi connectivity index (χ0) is 15.4. The van der Waals surface area contributed by atoms with Crippen LogP contribution in [0.5, 0.6) is 0 Å². The number of nitrogens with one attached hydrogen (secondary N) is 1. The summed E-state index contributed by atoms with van der Waals surface area (Å²) >= 11 is 0. The molecule has 1 heterocycles. The molecule has 0 radical (unpaired) electrons. The summed E-state index contributed by atoms with van der Waals surface area (Å²) in [6, 6.07) is 10.7. The van der Waals surface area contributed by atoms with Crippen molar-refractivity contribution < 1.29 is 4.79 Å². The van der Waals surface area contributed by atoms with E-state index in [0.717, 1.165) is 32.7 Å². The summed E-state index contributed by atoms with van der Waals surface area (Å²) in [7, 11) is 0. The standard InChI is InChI=1S/C18H27N3O/c1-15(17-7-8-17)21(13-16-5-3-2-4-6-16)18(22)14-20-11-9-19-10-12-20/h2-6,15,17,19H,7-14H2,1H3. The van der Waals surface area contributed by atoms with Crippen LogP contribution < -0.4 is 5.32 Å². The molecule has 0 spiro atoms. The molecule has 0 aromatic heterocycles. The highest BCUT2D eigenvalue weighted by Gasteiger charge is 2.34. The summed E-state index contributed by atoms with van der Waals surface area (Å²) in [6.45, 7) is 7.45. The SMILES string of the molecule is CC(C1CC1)N(Cc1ccccc1)C(=O)CN1CCNCC1. The maximum Gasteiger partial charge on any atom is 0.237 e. The third-order valence-electron chi connectivity index (χ3n) is 4.88. The highest BCUT2D eigenvalue weighted by atomic mass is 16.2. The Morgan fingerprint density at radius 2 is 1.95 bits per heavy atom. The average molecular weight is 301 g/mol. The molecule has 22 heavy (non-hydrogen) atoms. The van der Waals surface area contributed by atoms with E-state index in [1.807, 2.05) is 6.07 Å². The van der Waals surface area contributed by atoms with Gasteiger partial charge in [0.15, 0.2) is 0 Å². The van der Waals surface area contributed by atoms with Gasteiger partial charge < -0.3 is 10.2 Å². The molecule has 1 aliphatic carbocycles. The van der Waals surface area contributed by atoms with Crippen molar-refractivity contribution >= 4 is 5.91 Å². The number of nitrogens with zero attached hydrogens (tertiary/aromatic N) is 2. The lowest BCUT2D eigenvalue weighted by atomic mass is 10.1. The summed E-state index contributed by atoms with van der Waals surface area (Å²) in [6.07, 6.45) is 2.54. The number of carbonyl (C=O) groups is 1. The molecular weight excluding hydrogens is 274 g/mol. The van der Waals surface area contributed by atoms with Gasteiger partial charge in [0.2, 0.25) is 5.91 Å². The minimum Gasteiger partial charge on any atom is -0.334 e. The van der Waals surface area contributed by atoms with Crippen LogP contribution in [-0.4, -0.2) is 54.5 Å². The Labute approximate surface area is 133 Å². The lowest BCUT2D eigenvalue weighted by Crippen LogP contribution is -2.50. The van der Waals surface area contributed by atoms with Gasteiger partial charge in [-0.05, 0) is 31.2 Å². The van der Waals surface area contributed by atoms with Crippen LogP contribution in [0.2, 0.25) is 0 Å². The van der Waals surface area contributed by atoms with Crippen LogP contribution in [0.3, 0.4) is 0 Å². The van der Waals surface area contributed by atoms with Crippen LogP contribution >= 0.6 is 0 Å². The van der Waals surface area contributed by atoms with E-state index in [1.165, 1.54) is 18.4 Å². The van der Waals surface area contributed by atoms with Gasteiger partial charge in [-0.15, -0.1) is 0 Å². The molecule has 1 atom stereocenters. The number of benzene rings is 1. The predicted molar refractivity (Wildman–Crippen MR) is 88.5 cm³/mol. The second-order valence-corrected chi connectivity index (χ2v) is 6.61. The largest absolute Gasteiger partial charge is 0.334 e. The first-order valence-corrected chi connectivity index (χ1v) is 8.50. The van der Waals surface area contributed by atoms with E-state index >= 15 is 0 Å². The molecule has 1 aromatic carbocycles. The first kappa shape index (κ1) is 15.5. The number of rotatable bonds is 6. The molecule has 1 N–H and O–H groups in total. The van der Waals surface area contributed by atoms with Crippen molar-refractivity contribution in [2.24, 2.45) is 5.92 Å². The summed E-state index contributed by atoms with van der Waals surface area (Å²) in [4.78, 5) is 17.2. The normalized spacial score (nSPS) is 20.6. The van der Waals surface area contributed by atoms with Crippen molar-refractivity contribution in [3.8, 4) is 0 Å². The fraction of sp³-hybridized carbons (Fsp3) is 0.611. The topological polar surface area (TPSA) is 35.6 Å². The maximum absolute atomic E-state index is 12.9. The Morgan fingerprint density at radius 3 is 2.59 bits per heavy atom. The van der Waals surface area contributed by atoms with E-state index in [9.17, 15) is 4.79 Å². The highest BCUT2D eigenvalue weighted by molar-refractivity contribution is 5.78. The molecule has 1 aromatic rings. The van der Waals surface area contributed by atoms with Gasteiger partial charge >= 0.3 is 0 Å². The van der Waals surface area contributed by atoms with Gasteiger partial charge in [-0.3, -0.25) is 9.69 Å². The molecule has 3 rings (SSSR count). The number of carbonyl (C=O) groups excluding carboxylic acids is 1. The Kier molecular flexibility index (Phi) is 5.11. The van der Waals surface area contributed by atoms with Crippen molar-refractivity contribution in [1.29, 1.82) is 0 Å². The molecule has 1 unspecified atom stereocenters. The fourth-order valence-electron chi connectivity index (χ4n) is 3.22. The van der Waals surface area contributed by atoms with Crippen molar-refractivity contribution in [3.63, 3.8) is 0 Å². The Morgan fingerprint density at radius 1 is 1.27 bits per heavy atom. The van der Waals surface area contributed by atoms with Crippen LogP contribution in [0.15, 0.2) is 30.3 Å². The molecule has 4 nitrogen and oxygen atoms in total. The van der Waals surface area contributed by atoms with Crippen LogP contribution in [0, 0.1) is 5.92 Å². The maximum atomic E-state index is 12.9. The Balaban J connectivity index is 1.65. The summed E-state index contributed by atoms with van der Waals surface area (Å²) in [5, 5.41) is 3.34. The molecule has 1 amide bonds. The first-order chi connectivity index (χ1) is 10.7. The second kappa shape index (κ2) is 7.25. The van der Waals surface area contributed by atoms with Crippen LogP contribution in [0.4, 0.5) is 0 Å². The monoisotopic (exact) mass is 301 g/mol. The zero-order valence-electron chi connectivity index (χ0n) is 13.5. The van der Waals surface area contributed by atoms with E-state index in [-0.39, 0.29) is 5.91 Å². The molecule has 2 aliphatic rings. The van der Waals surface area contributed by atoms with Crippen LogP contribution in [0.25, 0.3) is 0 Å². The van der Waals surface area contributed by atoms with Crippen LogP contribution in [-0.2, 0) is 11.3 Å².